The number of rotatable bonds is 6. The van der Waals surface area contributed by atoms with Crippen LogP contribution in [0.2, 0.25) is 5.02 Å². The quantitative estimate of drug-likeness (QED) is 0.869. The predicted molar refractivity (Wildman–Crippen MR) is 82.3 cm³/mol. The van der Waals surface area contributed by atoms with Crippen molar-refractivity contribution in [2.45, 2.75) is 25.1 Å². The number of aromatic nitrogens is 1. The minimum atomic E-state index is -3.57. The van der Waals surface area contributed by atoms with Gasteiger partial charge in [-0.05, 0) is 24.1 Å². The molecule has 0 aliphatic rings. The molecule has 1 aromatic carbocycles. The zero-order valence-electron chi connectivity index (χ0n) is 11.2. The zero-order chi connectivity index (χ0) is 15.5. The Morgan fingerprint density at radius 3 is 2.81 bits per heavy atom. The summed E-state index contributed by atoms with van der Waals surface area (Å²) in [6.07, 6.45) is 2.23. The van der Waals surface area contributed by atoms with E-state index in [1.54, 1.807) is 11.6 Å². The predicted octanol–water partition coefficient (Wildman–Crippen LogP) is 3.51. The van der Waals surface area contributed by atoms with Gasteiger partial charge in [0.15, 0.2) is 0 Å². The highest BCUT2D eigenvalue weighted by Gasteiger charge is 2.20. The van der Waals surface area contributed by atoms with Crippen molar-refractivity contribution >= 4 is 33.0 Å². The summed E-state index contributed by atoms with van der Waals surface area (Å²) in [6.45, 7) is 1.88. The van der Waals surface area contributed by atoms with E-state index in [0.29, 0.717) is 12.0 Å². The molecule has 0 aliphatic carbocycles. The van der Waals surface area contributed by atoms with Crippen molar-refractivity contribution in [3.63, 3.8) is 0 Å². The Morgan fingerprint density at radius 2 is 2.24 bits per heavy atom. The van der Waals surface area contributed by atoms with E-state index < -0.39 is 15.8 Å². The lowest BCUT2D eigenvalue weighted by Gasteiger charge is -2.15. The van der Waals surface area contributed by atoms with Gasteiger partial charge in [-0.3, -0.25) is 0 Å². The molecule has 2 aromatic rings. The molecule has 8 heteroatoms. The number of benzene rings is 1. The minimum absolute atomic E-state index is 0.0883. The van der Waals surface area contributed by atoms with E-state index in [0.717, 1.165) is 11.1 Å². The van der Waals surface area contributed by atoms with Gasteiger partial charge in [-0.25, -0.2) is 22.5 Å². The molecule has 1 atom stereocenters. The van der Waals surface area contributed by atoms with Crippen LogP contribution in [0.3, 0.4) is 0 Å². The van der Waals surface area contributed by atoms with Gasteiger partial charge >= 0.3 is 0 Å². The van der Waals surface area contributed by atoms with Crippen molar-refractivity contribution in [1.82, 2.24) is 9.71 Å². The van der Waals surface area contributed by atoms with Crippen LogP contribution in [0.4, 0.5) is 4.39 Å². The lowest BCUT2D eigenvalue weighted by molar-refractivity contribution is 0.548. The van der Waals surface area contributed by atoms with E-state index in [1.807, 2.05) is 6.92 Å². The van der Waals surface area contributed by atoms with Gasteiger partial charge in [-0.1, -0.05) is 24.6 Å². The topological polar surface area (TPSA) is 59.1 Å². The van der Waals surface area contributed by atoms with E-state index in [9.17, 15) is 12.8 Å². The molecule has 0 radical (unpaired) electrons. The maximum atomic E-state index is 13.1. The molecule has 0 amide bonds. The first-order chi connectivity index (χ1) is 9.91. The van der Waals surface area contributed by atoms with Gasteiger partial charge in [0, 0.05) is 11.6 Å². The Labute approximate surface area is 132 Å². The highest BCUT2D eigenvalue weighted by molar-refractivity contribution is 7.88. The van der Waals surface area contributed by atoms with E-state index in [-0.39, 0.29) is 16.8 Å². The van der Waals surface area contributed by atoms with Crippen LogP contribution < -0.4 is 4.72 Å². The van der Waals surface area contributed by atoms with Gasteiger partial charge in [0.25, 0.3) is 0 Å². The molecule has 0 saturated carbocycles. The van der Waals surface area contributed by atoms with Crippen molar-refractivity contribution in [1.29, 1.82) is 0 Å². The molecule has 0 fully saturated rings. The smallest absolute Gasteiger partial charge is 0.216 e. The number of halogens is 2. The molecular weight excluding hydrogens is 335 g/mol. The summed E-state index contributed by atoms with van der Waals surface area (Å²) in [7, 11) is -3.57. The van der Waals surface area contributed by atoms with Crippen LogP contribution >= 0.6 is 22.9 Å². The second kappa shape index (κ2) is 6.83. The Hall–Kier alpha value is -1.02. The fourth-order valence-electron chi connectivity index (χ4n) is 1.82. The van der Waals surface area contributed by atoms with Crippen LogP contribution in [0.1, 0.15) is 30.0 Å². The number of hydrogen-bond donors (Lipinski definition) is 1. The van der Waals surface area contributed by atoms with Crippen molar-refractivity contribution in [3.8, 4) is 0 Å². The summed E-state index contributed by atoms with van der Waals surface area (Å²) in [5.74, 6) is -0.825. The molecule has 0 saturated heterocycles. The summed E-state index contributed by atoms with van der Waals surface area (Å²) in [6, 6.07) is 3.53. The van der Waals surface area contributed by atoms with Gasteiger partial charge in [0.2, 0.25) is 10.0 Å². The maximum absolute atomic E-state index is 13.1. The van der Waals surface area contributed by atoms with Crippen molar-refractivity contribution in [2.24, 2.45) is 0 Å². The van der Waals surface area contributed by atoms with Gasteiger partial charge in [0.05, 0.1) is 16.8 Å². The third-order valence-corrected chi connectivity index (χ3v) is 5.36. The van der Waals surface area contributed by atoms with Crippen LogP contribution in [-0.4, -0.2) is 13.4 Å². The third-order valence-electron chi connectivity index (χ3n) is 2.82. The number of sulfonamides is 1. The second-order valence-electron chi connectivity index (χ2n) is 4.46. The molecule has 0 aliphatic heterocycles. The molecule has 0 spiro atoms. The van der Waals surface area contributed by atoms with Crippen LogP contribution in [0.5, 0.6) is 0 Å². The summed E-state index contributed by atoms with van der Waals surface area (Å²) in [4.78, 5) is 4.13. The molecule has 114 valence electrons. The summed E-state index contributed by atoms with van der Waals surface area (Å²) < 4.78 is 40.1. The summed E-state index contributed by atoms with van der Waals surface area (Å²) in [5.41, 5.74) is 0.433. The van der Waals surface area contributed by atoms with E-state index in [2.05, 4.69) is 9.71 Å². The Bertz CT molecular complexity index is 705. The van der Waals surface area contributed by atoms with Gasteiger partial charge < -0.3 is 0 Å². The van der Waals surface area contributed by atoms with Crippen LogP contribution in [0, 0.1) is 5.82 Å². The molecule has 2 rings (SSSR count). The summed E-state index contributed by atoms with van der Waals surface area (Å²) in [5, 5.41) is 2.43. The second-order valence-corrected chi connectivity index (χ2v) is 7.54. The first-order valence-corrected chi connectivity index (χ1v) is 9.15. The Kier molecular flexibility index (Phi) is 5.32. The average molecular weight is 349 g/mol. The minimum Gasteiger partial charge on any atom is -0.248 e. The third kappa shape index (κ3) is 4.47. The maximum Gasteiger partial charge on any atom is 0.216 e. The molecule has 0 bridgehead atoms. The fourth-order valence-corrected chi connectivity index (χ4v) is 4.29. The van der Waals surface area contributed by atoms with Gasteiger partial charge in [-0.2, -0.15) is 0 Å². The standard InChI is InChI=1S/C13H14ClFN2O2S2/c1-2-12(13-16-5-6-20-13)17-21(18,19)8-9-3-4-11(15)10(14)7-9/h3-7,12,17H,2,8H2,1H3/t12-/m0/s1. The number of thiazole rings is 1. The van der Waals surface area contributed by atoms with Crippen molar-refractivity contribution in [2.75, 3.05) is 0 Å². The fraction of sp³-hybridized carbons (Fsp3) is 0.308. The number of nitrogens with zero attached hydrogens (tertiary/aromatic N) is 1. The molecule has 21 heavy (non-hydrogen) atoms. The zero-order valence-corrected chi connectivity index (χ0v) is 13.6. The highest BCUT2D eigenvalue weighted by atomic mass is 35.5. The first-order valence-electron chi connectivity index (χ1n) is 6.24. The molecular formula is C13H14ClFN2O2S2. The Morgan fingerprint density at radius 1 is 1.48 bits per heavy atom. The van der Waals surface area contributed by atoms with Crippen LogP contribution in [-0.2, 0) is 15.8 Å². The van der Waals surface area contributed by atoms with Crippen LogP contribution in [0.15, 0.2) is 29.8 Å². The summed E-state index contributed by atoms with van der Waals surface area (Å²) >= 11 is 7.06. The lowest BCUT2D eigenvalue weighted by atomic mass is 10.2. The first kappa shape index (κ1) is 16.4. The van der Waals surface area contributed by atoms with Gasteiger partial charge in [0.1, 0.15) is 10.8 Å². The molecule has 1 aromatic heterocycles. The monoisotopic (exact) mass is 348 g/mol. The van der Waals surface area contributed by atoms with E-state index >= 15 is 0 Å². The SMILES string of the molecule is CC[C@H](NS(=O)(=O)Cc1ccc(F)c(Cl)c1)c1nccs1. The van der Waals surface area contributed by atoms with Crippen molar-refractivity contribution in [3.05, 3.63) is 51.2 Å². The molecule has 1 heterocycles. The van der Waals surface area contributed by atoms with Crippen molar-refractivity contribution < 1.29 is 12.8 Å². The molecule has 1 N–H and O–H groups in total. The molecule has 4 nitrogen and oxygen atoms in total. The largest absolute Gasteiger partial charge is 0.248 e. The number of hydrogen-bond acceptors (Lipinski definition) is 4. The van der Waals surface area contributed by atoms with E-state index in [4.69, 9.17) is 11.6 Å². The normalized spacial score (nSPS) is 13.3. The Balaban J connectivity index is 2.12. The van der Waals surface area contributed by atoms with Crippen LogP contribution in [0.25, 0.3) is 0 Å². The lowest BCUT2D eigenvalue weighted by Crippen LogP contribution is -2.29. The van der Waals surface area contributed by atoms with E-state index in [1.165, 1.54) is 23.5 Å². The molecule has 0 unspecified atom stereocenters. The highest BCUT2D eigenvalue weighted by Crippen LogP contribution is 2.22. The average Bonchev–Trinajstić information content (AvgIpc) is 2.94. The number of nitrogens with one attached hydrogen (secondary N) is 1. The van der Waals surface area contributed by atoms with Gasteiger partial charge in [-0.15, -0.1) is 11.3 Å².